The van der Waals surface area contributed by atoms with E-state index in [0.717, 1.165) is 16.5 Å². The van der Waals surface area contributed by atoms with Crippen molar-refractivity contribution in [3.8, 4) is 0 Å². The van der Waals surface area contributed by atoms with Crippen LogP contribution < -0.4 is 0 Å². The van der Waals surface area contributed by atoms with Gasteiger partial charge in [0.15, 0.2) is 5.78 Å². The Bertz CT molecular complexity index is 554. The molecule has 0 aliphatic rings. The molecule has 0 saturated heterocycles. The second-order valence-electron chi connectivity index (χ2n) is 3.75. The highest BCUT2D eigenvalue weighted by Gasteiger charge is 2.17. The van der Waals surface area contributed by atoms with Crippen molar-refractivity contribution in [3.05, 3.63) is 34.5 Å². The lowest BCUT2D eigenvalue weighted by Crippen LogP contribution is -2.02. The van der Waals surface area contributed by atoms with Crippen molar-refractivity contribution >= 4 is 28.3 Å². The van der Waals surface area contributed by atoms with E-state index in [2.05, 4.69) is 0 Å². The van der Waals surface area contributed by atoms with Crippen molar-refractivity contribution in [2.24, 2.45) is 7.05 Å². The Labute approximate surface area is 93.5 Å². The van der Waals surface area contributed by atoms with E-state index in [1.807, 2.05) is 36.7 Å². The van der Waals surface area contributed by atoms with Crippen LogP contribution in [0, 0.1) is 6.92 Å². The maximum absolute atomic E-state index is 11.5. The van der Waals surface area contributed by atoms with Crippen molar-refractivity contribution in [2.45, 2.75) is 13.8 Å². The topological polar surface area (TPSA) is 22.0 Å². The van der Waals surface area contributed by atoms with E-state index < -0.39 is 0 Å². The zero-order valence-corrected chi connectivity index (χ0v) is 9.72. The fourth-order valence-electron chi connectivity index (χ4n) is 2.06. The number of aryl methyl sites for hydroxylation is 2. The molecule has 0 atom stereocenters. The summed E-state index contributed by atoms with van der Waals surface area (Å²) in [6.07, 6.45) is 0. The molecule has 2 rings (SSSR count). The standard InChI is InChI=1S/C12H12ClNO/c1-7-5-4-6-9-10(13)12(8(2)15)14(3)11(7)9/h4-6H,1-3H3. The van der Waals surface area contributed by atoms with Crippen molar-refractivity contribution in [2.75, 3.05) is 0 Å². The van der Waals surface area contributed by atoms with Gasteiger partial charge in [-0.05, 0) is 12.5 Å². The summed E-state index contributed by atoms with van der Waals surface area (Å²) in [7, 11) is 1.87. The average molecular weight is 222 g/mol. The minimum atomic E-state index is -0.00176. The predicted octanol–water partition coefficient (Wildman–Crippen LogP) is 3.34. The van der Waals surface area contributed by atoms with Crippen LogP contribution in [0.3, 0.4) is 0 Å². The number of para-hydroxylation sites is 1. The number of ketones is 1. The second-order valence-corrected chi connectivity index (χ2v) is 4.13. The highest BCUT2D eigenvalue weighted by molar-refractivity contribution is 6.39. The van der Waals surface area contributed by atoms with Gasteiger partial charge in [0.2, 0.25) is 0 Å². The van der Waals surface area contributed by atoms with Crippen LogP contribution in [-0.2, 0) is 7.05 Å². The lowest BCUT2D eigenvalue weighted by atomic mass is 10.1. The highest BCUT2D eigenvalue weighted by Crippen LogP contribution is 2.31. The Balaban J connectivity index is 2.98. The van der Waals surface area contributed by atoms with Gasteiger partial charge in [0, 0.05) is 19.4 Å². The first-order valence-corrected chi connectivity index (χ1v) is 5.16. The summed E-state index contributed by atoms with van der Waals surface area (Å²) in [6, 6.07) is 5.91. The van der Waals surface area contributed by atoms with Gasteiger partial charge in [-0.2, -0.15) is 0 Å². The molecule has 0 bridgehead atoms. The first-order valence-electron chi connectivity index (χ1n) is 4.78. The molecule has 1 heterocycles. The molecule has 1 aromatic heterocycles. The first-order chi connectivity index (χ1) is 7.04. The fraction of sp³-hybridized carbons (Fsp3) is 0.250. The van der Waals surface area contributed by atoms with Crippen LogP contribution in [0.4, 0.5) is 0 Å². The smallest absolute Gasteiger partial charge is 0.177 e. The van der Waals surface area contributed by atoms with E-state index in [4.69, 9.17) is 11.6 Å². The third-order valence-corrected chi connectivity index (χ3v) is 3.07. The quantitative estimate of drug-likeness (QED) is 0.677. The summed E-state index contributed by atoms with van der Waals surface area (Å²) in [6.45, 7) is 3.55. The zero-order chi connectivity index (χ0) is 11.2. The predicted molar refractivity (Wildman–Crippen MR) is 62.7 cm³/mol. The van der Waals surface area contributed by atoms with Gasteiger partial charge in [0.25, 0.3) is 0 Å². The lowest BCUT2D eigenvalue weighted by molar-refractivity contribution is 0.101. The van der Waals surface area contributed by atoms with Crippen molar-refractivity contribution in [3.63, 3.8) is 0 Å². The van der Waals surface area contributed by atoms with Crippen LogP contribution in [0.5, 0.6) is 0 Å². The third kappa shape index (κ3) is 1.37. The number of hydrogen-bond acceptors (Lipinski definition) is 1. The average Bonchev–Trinajstić information content (AvgIpc) is 2.40. The van der Waals surface area contributed by atoms with Crippen LogP contribution >= 0.6 is 11.6 Å². The Hall–Kier alpha value is -1.28. The number of Topliss-reactive ketones (excluding diaryl/α,β-unsaturated/α-hetero) is 1. The number of hydrogen-bond donors (Lipinski definition) is 0. The summed E-state index contributed by atoms with van der Waals surface area (Å²) in [5.41, 5.74) is 2.75. The van der Waals surface area contributed by atoms with Gasteiger partial charge < -0.3 is 4.57 Å². The number of nitrogens with zero attached hydrogens (tertiary/aromatic N) is 1. The van der Waals surface area contributed by atoms with Gasteiger partial charge in [-0.15, -0.1) is 0 Å². The number of carbonyl (C=O) groups is 1. The minimum Gasteiger partial charge on any atom is -0.340 e. The van der Waals surface area contributed by atoms with Crippen LogP contribution in [0.1, 0.15) is 23.0 Å². The molecular weight excluding hydrogens is 210 g/mol. The molecule has 0 N–H and O–H groups in total. The zero-order valence-electron chi connectivity index (χ0n) is 8.97. The summed E-state index contributed by atoms with van der Waals surface area (Å²) >= 11 is 6.19. The molecule has 0 aliphatic heterocycles. The van der Waals surface area contributed by atoms with Crippen molar-refractivity contribution in [1.82, 2.24) is 4.57 Å². The Morgan fingerprint density at radius 3 is 2.60 bits per heavy atom. The molecule has 15 heavy (non-hydrogen) atoms. The molecule has 78 valence electrons. The first kappa shape index (κ1) is 10.2. The highest BCUT2D eigenvalue weighted by atomic mass is 35.5. The minimum absolute atomic E-state index is 0.00176. The third-order valence-electron chi connectivity index (χ3n) is 2.69. The van der Waals surface area contributed by atoms with E-state index in [9.17, 15) is 4.79 Å². The molecule has 3 heteroatoms. The maximum Gasteiger partial charge on any atom is 0.177 e. The van der Waals surface area contributed by atoms with E-state index in [1.165, 1.54) is 6.92 Å². The van der Waals surface area contributed by atoms with Gasteiger partial charge in [-0.1, -0.05) is 29.8 Å². The van der Waals surface area contributed by atoms with Gasteiger partial charge >= 0.3 is 0 Å². The van der Waals surface area contributed by atoms with Gasteiger partial charge in [-0.3, -0.25) is 4.79 Å². The van der Waals surface area contributed by atoms with Crippen LogP contribution in [-0.4, -0.2) is 10.4 Å². The molecule has 0 radical (unpaired) electrons. The fourth-order valence-corrected chi connectivity index (χ4v) is 2.47. The number of carbonyl (C=O) groups excluding carboxylic acids is 1. The van der Waals surface area contributed by atoms with Crippen molar-refractivity contribution < 1.29 is 4.79 Å². The largest absolute Gasteiger partial charge is 0.340 e. The Morgan fingerprint density at radius 1 is 1.40 bits per heavy atom. The van der Waals surface area contributed by atoms with E-state index >= 15 is 0 Å². The van der Waals surface area contributed by atoms with Gasteiger partial charge in [0.1, 0.15) is 5.69 Å². The van der Waals surface area contributed by atoms with Crippen LogP contribution in [0.2, 0.25) is 5.02 Å². The monoisotopic (exact) mass is 221 g/mol. The molecule has 2 nitrogen and oxygen atoms in total. The summed E-state index contributed by atoms with van der Waals surface area (Å²) < 4.78 is 1.87. The molecule has 0 spiro atoms. The Morgan fingerprint density at radius 2 is 2.07 bits per heavy atom. The molecular formula is C12H12ClNO. The molecule has 0 aliphatic carbocycles. The lowest BCUT2D eigenvalue weighted by Gasteiger charge is -2.02. The maximum atomic E-state index is 11.5. The van der Waals surface area contributed by atoms with E-state index in [-0.39, 0.29) is 5.78 Å². The van der Waals surface area contributed by atoms with E-state index in [1.54, 1.807) is 0 Å². The summed E-state index contributed by atoms with van der Waals surface area (Å²) in [4.78, 5) is 11.5. The number of aromatic nitrogens is 1. The van der Waals surface area contributed by atoms with Gasteiger partial charge in [-0.25, -0.2) is 0 Å². The molecule has 0 fully saturated rings. The molecule has 0 unspecified atom stereocenters. The van der Waals surface area contributed by atoms with Gasteiger partial charge in [0.05, 0.1) is 10.5 Å². The van der Waals surface area contributed by atoms with Crippen LogP contribution in [0.15, 0.2) is 18.2 Å². The summed E-state index contributed by atoms with van der Waals surface area (Å²) in [5, 5.41) is 1.51. The second kappa shape index (κ2) is 3.38. The number of halogens is 1. The number of benzene rings is 1. The SMILES string of the molecule is CC(=O)c1c(Cl)c2cccc(C)c2n1C. The normalized spacial score (nSPS) is 10.9. The number of fused-ring (bicyclic) bond motifs is 1. The molecule has 0 saturated carbocycles. The summed E-state index contributed by atoms with van der Waals surface area (Å²) in [5.74, 6) is -0.00176. The van der Waals surface area contributed by atoms with Crippen LogP contribution in [0.25, 0.3) is 10.9 Å². The van der Waals surface area contributed by atoms with Crippen molar-refractivity contribution in [1.29, 1.82) is 0 Å². The van der Waals surface area contributed by atoms with E-state index in [0.29, 0.717) is 10.7 Å². The molecule has 2 aromatic rings. The number of rotatable bonds is 1. The molecule has 0 amide bonds. The Kier molecular flexibility index (Phi) is 2.31. The molecule has 1 aromatic carbocycles.